The van der Waals surface area contributed by atoms with Crippen molar-refractivity contribution >= 4 is 29.1 Å². The smallest absolute Gasteiger partial charge is 0.355 e. The van der Waals surface area contributed by atoms with Crippen LogP contribution in [0.25, 0.3) is 0 Å². The summed E-state index contributed by atoms with van der Waals surface area (Å²) < 4.78 is 38.7. The van der Waals surface area contributed by atoms with Crippen molar-refractivity contribution in [2.24, 2.45) is 0 Å². The number of nitrogens with one attached hydrogen (secondary N) is 1. The molecule has 2 aromatic carbocycles. The number of alkyl halides is 3. The predicted molar refractivity (Wildman–Crippen MR) is 100 cm³/mol. The summed E-state index contributed by atoms with van der Waals surface area (Å²) in [7, 11) is 1.87. The van der Waals surface area contributed by atoms with Crippen molar-refractivity contribution in [1.82, 2.24) is 9.97 Å². The minimum Gasteiger partial charge on any atom is -0.355 e. The van der Waals surface area contributed by atoms with Gasteiger partial charge in [0.15, 0.2) is 0 Å². The lowest BCUT2D eigenvalue weighted by molar-refractivity contribution is -0.137. The Kier molecular flexibility index (Phi) is 5.51. The van der Waals surface area contributed by atoms with E-state index in [9.17, 15) is 13.2 Å². The van der Waals surface area contributed by atoms with Crippen LogP contribution in [0.5, 0.6) is 0 Å². The minimum atomic E-state index is -4.46. The summed E-state index contributed by atoms with van der Waals surface area (Å²) in [4.78, 5) is 10.3. The number of aromatic nitrogens is 2. The van der Waals surface area contributed by atoms with E-state index in [1.165, 1.54) is 12.3 Å². The van der Waals surface area contributed by atoms with Gasteiger partial charge in [0.2, 0.25) is 5.95 Å². The third-order valence-electron chi connectivity index (χ3n) is 3.83. The summed E-state index contributed by atoms with van der Waals surface area (Å²) in [5.74, 6) is 0.785. The molecular weight excluding hydrogens is 377 g/mol. The molecule has 3 rings (SSSR count). The van der Waals surface area contributed by atoms with E-state index in [1.807, 2.05) is 42.3 Å². The zero-order valence-electron chi connectivity index (χ0n) is 14.3. The lowest BCUT2D eigenvalue weighted by Crippen LogP contribution is -2.18. The first-order valence-corrected chi connectivity index (χ1v) is 8.42. The zero-order valence-corrected chi connectivity index (χ0v) is 15.1. The molecule has 1 N–H and O–H groups in total. The van der Waals surface area contributed by atoms with E-state index in [1.54, 1.807) is 6.07 Å². The molecule has 140 valence electrons. The Morgan fingerprint density at radius 2 is 1.81 bits per heavy atom. The number of nitrogens with zero attached hydrogens (tertiary/aromatic N) is 3. The molecule has 0 aliphatic rings. The van der Waals surface area contributed by atoms with E-state index in [2.05, 4.69) is 15.3 Å². The van der Waals surface area contributed by atoms with Crippen molar-refractivity contribution in [2.75, 3.05) is 17.3 Å². The maximum absolute atomic E-state index is 12.9. The van der Waals surface area contributed by atoms with Crippen LogP contribution in [0.4, 0.5) is 30.6 Å². The molecule has 0 saturated carbocycles. The summed E-state index contributed by atoms with van der Waals surface area (Å²) in [5.41, 5.74) is 0.398. The van der Waals surface area contributed by atoms with Gasteiger partial charge in [0.05, 0.1) is 16.3 Å². The predicted octanol–water partition coefficient (Wildman–Crippen LogP) is 5.53. The fourth-order valence-corrected chi connectivity index (χ4v) is 2.64. The van der Waals surface area contributed by atoms with Crippen molar-refractivity contribution in [3.05, 3.63) is 76.9 Å². The molecule has 27 heavy (non-hydrogen) atoms. The zero-order chi connectivity index (χ0) is 19.4. The van der Waals surface area contributed by atoms with Crippen LogP contribution in [0.2, 0.25) is 5.02 Å². The van der Waals surface area contributed by atoms with Crippen molar-refractivity contribution in [2.45, 2.75) is 12.7 Å². The van der Waals surface area contributed by atoms with Gasteiger partial charge in [-0.1, -0.05) is 41.9 Å². The number of rotatable bonds is 5. The van der Waals surface area contributed by atoms with E-state index in [4.69, 9.17) is 11.6 Å². The Morgan fingerprint density at radius 1 is 1.07 bits per heavy atom. The lowest BCUT2D eigenvalue weighted by Gasteiger charge is -2.19. The Bertz CT molecular complexity index is 916. The summed E-state index contributed by atoms with van der Waals surface area (Å²) in [6, 6.07) is 14.6. The van der Waals surface area contributed by atoms with Crippen LogP contribution in [0.15, 0.2) is 60.8 Å². The maximum Gasteiger partial charge on any atom is 0.416 e. The van der Waals surface area contributed by atoms with Gasteiger partial charge in [-0.15, -0.1) is 0 Å². The Hall–Kier alpha value is -2.80. The number of benzene rings is 2. The maximum atomic E-state index is 12.9. The van der Waals surface area contributed by atoms with Gasteiger partial charge in [-0.3, -0.25) is 0 Å². The summed E-state index contributed by atoms with van der Waals surface area (Å²) >= 11 is 6.01. The standard InChI is InChI=1S/C19H16ClF3N4/c1-27(12-13-5-3-2-4-6-13)17-9-10-24-18(26-17)25-16-11-14(19(21,22)23)7-8-15(16)20/h2-11H,12H2,1H3,(H,24,25,26). The first-order valence-electron chi connectivity index (χ1n) is 8.05. The van der Waals surface area contributed by atoms with Crippen LogP contribution in [0.3, 0.4) is 0 Å². The average Bonchev–Trinajstić information content (AvgIpc) is 2.64. The highest BCUT2D eigenvalue weighted by atomic mass is 35.5. The van der Waals surface area contributed by atoms with Crippen LogP contribution in [-0.2, 0) is 12.7 Å². The molecule has 3 aromatic rings. The number of anilines is 3. The fraction of sp³-hybridized carbons (Fsp3) is 0.158. The molecule has 0 spiro atoms. The van der Waals surface area contributed by atoms with Crippen LogP contribution >= 0.6 is 11.6 Å². The van der Waals surface area contributed by atoms with Gasteiger partial charge in [-0.05, 0) is 29.8 Å². The van der Waals surface area contributed by atoms with Crippen LogP contribution in [0.1, 0.15) is 11.1 Å². The molecule has 0 amide bonds. The number of hydrogen-bond acceptors (Lipinski definition) is 4. The highest BCUT2D eigenvalue weighted by Crippen LogP contribution is 2.34. The Balaban J connectivity index is 1.80. The van der Waals surface area contributed by atoms with Crippen molar-refractivity contribution in [1.29, 1.82) is 0 Å². The van der Waals surface area contributed by atoms with Crippen LogP contribution < -0.4 is 10.2 Å². The third kappa shape index (κ3) is 4.89. The molecule has 0 aliphatic heterocycles. The van der Waals surface area contributed by atoms with E-state index >= 15 is 0 Å². The van der Waals surface area contributed by atoms with E-state index < -0.39 is 11.7 Å². The second-order valence-corrected chi connectivity index (χ2v) is 6.30. The minimum absolute atomic E-state index is 0.0920. The average molecular weight is 393 g/mol. The fourth-order valence-electron chi connectivity index (χ4n) is 2.48. The van der Waals surface area contributed by atoms with Gasteiger partial charge in [0, 0.05) is 19.8 Å². The van der Waals surface area contributed by atoms with Gasteiger partial charge in [0.25, 0.3) is 0 Å². The monoisotopic (exact) mass is 392 g/mol. The van der Waals surface area contributed by atoms with Crippen LogP contribution in [-0.4, -0.2) is 17.0 Å². The Morgan fingerprint density at radius 3 is 2.52 bits per heavy atom. The largest absolute Gasteiger partial charge is 0.416 e. The molecule has 0 unspecified atom stereocenters. The quantitative estimate of drug-likeness (QED) is 0.620. The lowest BCUT2D eigenvalue weighted by atomic mass is 10.2. The Labute approximate surface area is 159 Å². The first-order chi connectivity index (χ1) is 12.8. The van der Waals surface area contributed by atoms with E-state index in [0.717, 1.165) is 17.7 Å². The summed E-state index contributed by atoms with van der Waals surface area (Å²) in [6.07, 6.45) is -2.92. The normalized spacial score (nSPS) is 11.3. The molecule has 8 heteroatoms. The molecule has 1 aromatic heterocycles. The van der Waals surface area contributed by atoms with Gasteiger partial charge in [-0.2, -0.15) is 18.2 Å². The number of halogens is 4. The SMILES string of the molecule is CN(Cc1ccccc1)c1ccnc(Nc2cc(C(F)(F)F)ccc2Cl)n1. The molecule has 0 bridgehead atoms. The first kappa shape index (κ1) is 19.0. The van der Waals surface area contributed by atoms with Gasteiger partial charge < -0.3 is 10.2 Å². The molecule has 0 atom stereocenters. The molecule has 0 fully saturated rings. The number of hydrogen-bond donors (Lipinski definition) is 1. The van der Waals surface area contributed by atoms with E-state index in [0.29, 0.717) is 12.4 Å². The molecule has 0 aliphatic carbocycles. The molecule has 0 saturated heterocycles. The second kappa shape index (κ2) is 7.84. The highest BCUT2D eigenvalue weighted by molar-refractivity contribution is 6.33. The molecule has 4 nitrogen and oxygen atoms in total. The summed E-state index contributed by atoms with van der Waals surface area (Å²) in [5, 5.41) is 2.91. The van der Waals surface area contributed by atoms with Gasteiger partial charge in [-0.25, -0.2) is 4.98 Å². The van der Waals surface area contributed by atoms with Crippen molar-refractivity contribution in [3.63, 3.8) is 0 Å². The third-order valence-corrected chi connectivity index (χ3v) is 4.16. The van der Waals surface area contributed by atoms with E-state index in [-0.39, 0.29) is 16.7 Å². The molecule has 1 heterocycles. The van der Waals surface area contributed by atoms with Gasteiger partial charge >= 0.3 is 6.18 Å². The second-order valence-electron chi connectivity index (χ2n) is 5.90. The van der Waals surface area contributed by atoms with Crippen molar-refractivity contribution < 1.29 is 13.2 Å². The van der Waals surface area contributed by atoms with Crippen molar-refractivity contribution in [3.8, 4) is 0 Å². The highest BCUT2D eigenvalue weighted by Gasteiger charge is 2.31. The summed E-state index contributed by atoms with van der Waals surface area (Å²) in [6.45, 7) is 0.627. The topological polar surface area (TPSA) is 41.1 Å². The molecular formula is C19H16ClF3N4. The van der Waals surface area contributed by atoms with Gasteiger partial charge in [0.1, 0.15) is 5.82 Å². The van der Waals surface area contributed by atoms with Crippen LogP contribution in [0, 0.1) is 0 Å². The molecule has 0 radical (unpaired) electrons.